The number of carbonyl (C=O) groups excluding carboxylic acids is 2. The summed E-state index contributed by atoms with van der Waals surface area (Å²) in [6.07, 6.45) is 2.03. The van der Waals surface area contributed by atoms with Gasteiger partial charge in [-0.15, -0.1) is 0 Å². The lowest BCUT2D eigenvalue weighted by atomic mass is 9.99. The molecule has 3 N–H and O–H groups in total. The third kappa shape index (κ3) is 9.96. The summed E-state index contributed by atoms with van der Waals surface area (Å²) in [6, 6.07) is 8.88. The molecule has 6 nitrogen and oxygen atoms in total. The Morgan fingerprint density at radius 1 is 1.23 bits per heavy atom. The molecule has 0 saturated heterocycles. The topological polar surface area (TPSA) is 89.9 Å². The van der Waals surface area contributed by atoms with E-state index in [9.17, 15) is 9.59 Å². The molecule has 22 heavy (non-hydrogen) atoms. The Balaban J connectivity index is 0.000000980. The van der Waals surface area contributed by atoms with Gasteiger partial charge in [-0.3, -0.25) is 9.59 Å². The van der Waals surface area contributed by atoms with Crippen LogP contribution >= 0.6 is 0 Å². The van der Waals surface area contributed by atoms with Crippen molar-refractivity contribution in [2.24, 2.45) is 0 Å². The van der Waals surface area contributed by atoms with Gasteiger partial charge in [0.1, 0.15) is 0 Å². The van der Waals surface area contributed by atoms with E-state index >= 15 is 0 Å². The first kappa shape index (κ1) is 20.1. The highest BCUT2D eigenvalue weighted by atomic mass is 16.4. The third-order valence-electron chi connectivity index (χ3n) is 2.71. The van der Waals surface area contributed by atoms with Gasteiger partial charge >= 0.3 is 7.12 Å². The van der Waals surface area contributed by atoms with Gasteiger partial charge < -0.3 is 20.3 Å². The number of nitrogens with one attached hydrogen (secondary N) is 1. The number of hydrogen-bond donors (Lipinski definition) is 3. The van der Waals surface area contributed by atoms with Crippen molar-refractivity contribution in [3.8, 4) is 0 Å². The van der Waals surface area contributed by atoms with Gasteiger partial charge in [-0.25, -0.2) is 0 Å². The van der Waals surface area contributed by atoms with Crippen LogP contribution in [-0.2, 0) is 4.79 Å². The highest BCUT2D eigenvalue weighted by molar-refractivity contribution is 6.38. The molecular weight excluding hydrogens is 283 g/mol. The largest absolute Gasteiger partial charge is 0.448 e. The standard InChI is InChI=1S/C14H20N2O2.CH5BO2/c1-3-4-10-16(2)13(17)11-15-14(18)12-8-6-5-7-9-12;1-2(3)4/h5-9H,3-4,10-11H2,1-2H3,(H,15,18);3-4H,1H3. The van der Waals surface area contributed by atoms with Gasteiger partial charge in [0.2, 0.25) is 5.91 Å². The van der Waals surface area contributed by atoms with Crippen LogP contribution in [0.4, 0.5) is 0 Å². The lowest BCUT2D eigenvalue weighted by Gasteiger charge is -2.16. The molecule has 1 rings (SSSR count). The number of benzene rings is 1. The molecule has 1 aromatic carbocycles. The summed E-state index contributed by atoms with van der Waals surface area (Å²) >= 11 is 0. The van der Waals surface area contributed by atoms with Crippen LogP contribution in [0.25, 0.3) is 0 Å². The summed E-state index contributed by atoms with van der Waals surface area (Å²) in [5.74, 6) is -0.277. The van der Waals surface area contributed by atoms with E-state index < -0.39 is 7.12 Å². The Kier molecular flexibility index (Phi) is 10.8. The normalized spacial score (nSPS) is 9.32. The van der Waals surface area contributed by atoms with Gasteiger partial charge in [0, 0.05) is 19.2 Å². The maximum absolute atomic E-state index is 11.7. The van der Waals surface area contributed by atoms with Crippen molar-refractivity contribution in [3.63, 3.8) is 0 Å². The van der Waals surface area contributed by atoms with E-state index in [1.807, 2.05) is 6.07 Å². The smallest absolute Gasteiger partial charge is 0.427 e. The number of nitrogens with zero attached hydrogens (tertiary/aromatic N) is 1. The van der Waals surface area contributed by atoms with Crippen molar-refractivity contribution in [2.75, 3.05) is 20.1 Å². The second-order valence-electron chi connectivity index (χ2n) is 4.85. The van der Waals surface area contributed by atoms with Crippen LogP contribution in [0.1, 0.15) is 30.1 Å². The molecule has 0 saturated carbocycles. The van der Waals surface area contributed by atoms with Crippen LogP contribution in [0, 0.1) is 0 Å². The van der Waals surface area contributed by atoms with E-state index in [1.54, 1.807) is 36.2 Å². The minimum Gasteiger partial charge on any atom is -0.427 e. The monoisotopic (exact) mass is 308 g/mol. The first-order chi connectivity index (χ1) is 10.4. The number of rotatable bonds is 6. The molecule has 0 fully saturated rings. The van der Waals surface area contributed by atoms with Crippen LogP contribution in [-0.4, -0.2) is 54.0 Å². The molecule has 2 amide bonds. The summed E-state index contributed by atoms with van der Waals surface area (Å²) in [7, 11) is 0.590. The van der Waals surface area contributed by atoms with Crippen molar-refractivity contribution in [1.82, 2.24) is 10.2 Å². The molecule has 0 radical (unpaired) electrons. The Bertz CT molecular complexity index is 438. The van der Waals surface area contributed by atoms with Gasteiger partial charge in [0.25, 0.3) is 5.91 Å². The summed E-state index contributed by atoms with van der Waals surface area (Å²) in [5, 5.41) is 17.8. The van der Waals surface area contributed by atoms with E-state index in [-0.39, 0.29) is 18.4 Å². The predicted octanol–water partition coefficient (Wildman–Crippen LogP) is 0.764. The fraction of sp³-hybridized carbons (Fsp3) is 0.467. The number of likely N-dealkylation sites (N-methyl/N-ethyl adjacent to an activating group) is 1. The zero-order valence-electron chi connectivity index (χ0n) is 13.5. The zero-order valence-corrected chi connectivity index (χ0v) is 13.5. The van der Waals surface area contributed by atoms with E-state index in [4.69, 9.17) is 10.0 Å². The molecule has 0 aliphatic rings. The molecule has 0 aromatic heterocycles. The van der Waals surface area contributed by atoms with Crippen molar-refractivity contribution in [3.05, 3.63) is 35.9 Å². The van der Waals surface area contributed by atoms with Crippen molar-refractivity contribution >= 4 is 18.9 Å². The Morgan fingerprint density at radius 2 is 1.77 bits per heavy atom. The summed E-state index contributed by atoms with van der Waals surface area (Å²) in [5.41, 5.74) is 0.571. The number of unbranched alkanes of at least 4 members (excludes halogenated alkanes) is 1. The fourth-order valence-electron chi connectivity index (χ4n) is 1.50. The first-order valence-electron chi connectivity index (χ1n) is 7.31. The highest BCUT2D eigenvalue weighted by Crippen LogP contribution is 1.98. The molecule has 0 atom stereocenters. The molecule has 0 heterocycles. The Labute approximate surface area is 132 Å². The van der Waals surface area contributed by atoms with Crippen LogP contribution in [0.5, 0.6) is 0 Å². The van der Waals surface area contributed by atoms with E-state index in [0.29, 0.717) is 5.56 Å². The minimum absolute atomic E-state index is 0.0495. The van der Waals surface area contributed by atoms with Crippen molar-refractivity contribution < 1.29 is 19.6 Å². The average molecular weight is 308 g/mol. The van der Waals surface area contributed by atoms with Crippen molar-refractivity contribution in [1.29, 1.82) is 0 Å². The molecule has 0 bridgehead atoms. The van der Waals surface area contributed by atoms with Gasteiger partial charge in [-0.1, -0.05) is 31.5 Å². The SMILES string of the molecule is CB(O)O.CCCCN(C)C(=O)CNC(=O)c1ccccc1. The first-order valence-corrected chi connectivity index (χ1v) is 7.31. The lowest BCUT2D eigenvalue weighted by Crippen LogP contribution is -2.38. The summed E-state index contributed by atoms with van der Waals surface area (Å²) in [6.45, 7) is 4.14. The second kappa shape index (κ2) is 11.8. The van der Waals surface area contributed by atoms with E-state index in [0.717, 1.165) is 19.4 Å². The molecular formula is C15H25BN2O4. The van der Waals surface area contributed by atoms with Crippen molar-refractivity contribution in [2.45, 2.75) is 26.6 Å². The molecule has 0 aliphatic carbocycles. The van der Waals surface area contributed by atoms with Crippen LogP contribution < -0.4 is 5.32 Å². The lowest BCUT2D eigenvalue weighted by molar-refractivity contribution is -0.128. The number of carbonyl (C=O) groups is 2. The molecule has 7 heteroatoms. The maximum atomic E-state index is 11.7. The van der Waals surface area contributed by atoms with Gasteiger partial charge in [0.15, 0.2) is 0 Å². The summed E-state index contributed by atoms with van der Waals surface area (Å²) < 4.78 is 0. The molecule has 0 spiro atoms. The minimum atomic E-state index is -1.17. The Hall–Kier alpha value is -1.86. The van der Waals surface area contributed by atoms with E-state index in [2.05, 4.69) is 12.2 Å². The zero-order chi connectivity index (χ0) is 17.0. The molecule has 122 valence electrons. The second-order valence-corrected chi connectivity index (χ2v) is 4.85. The average Bonchev–Trinajstić information content (AvgIpc) is 2.50. The number of amides is 2. The quantitative estimate of drug-likeness (QED) is 0.677. The Morgan fingerprint density at radius 3 is 2.27 bits per heavy atom. The highest BCUT2D eigenvalue weighted by Gasteiger charge is 2.10. The van der Waals surface area contributed by atoms with Gasteiger partial charge in [0.05, 0.1) is 6.54 Å². The van der Waals surface area contributed by atoms with Gasteiger partial charge in [-0.05, 0) is 25.4 Å². The molecule has 0 unspecified atom stereocenters. The predicted molar refractivity (Wildman–Crippen MR) is 87.4 cm³/mol. The van der Waals surface area contributed by atoms with Crippen LogP contribution in [0.2, 0.25) is 6.82 Å². The summed E-state index contributed by atoms with van der Waals surface area (Å²) in [4.78, 5) is 25.0. The molecule has 1 aromatic rings. The third-order valence-corrected chi connectivity index (χ3v) is 2.71. The van der Waals surface area contributed by atoms with Gasteiger partial charge in [-0.2, -0.15) is 0 Å². The van der Waals surface area contributed by atoms with E-state index in [1.165, 1.54) is 6.82 Å². The van der Waals surface area contributed by atoms with Crippen LogP contribution in [0.15, 0.2) is 30.3 Å². The number of hydrogen-bond acceptors (Lipinski definition) is 4. The van der Waals surface area contributed by atoms with Crippen LogP contribution in [0.3, 0.4) is 0 Å². The fourth-order valence-corrected chi connectivity index (χ4v) is 1.50. The molecule has 0 aliphatic heterocycles. The maximum Gasteiger partial charge on any atom is 0.448 e.